The molecule has 0 aliphatic rings. The van der Waals surface area contributed by atoms with Crippen molar-refractivity contribution in [2.45, 2.75) is 6.54 Å². The molecule has 2 aromatic rings. The third kappa shape index (κ3) is 3.56. The number of anilines is 1. The Morgan fingerprint density at radius 1 is 1.24 bits per heavy atom. The molecule has 1 aromatic heterocycles. The number of hydrogen-bond donors (Lipinski definition) is 1. The normalized spacial score (nSPS) is 9.95. The lowest BCUT2D eigenvalue weighted by Gasteiger charge is -2.08. The molecule has 0 unspecified atom stereocenters. The van der Waals surface area contributed by atoms with Crippen molar-refractivity contribution in [2.24, 2.45) is 0 Å². The monoisotopic (exact) mass is 286 g/mol. The van der Waals surface area contributed by atoms with Crippen molar-refractivity contribution in [1.29, 1.82) is 0 Å². The van der Waals surface area contributed by atoms with Gasteiger partial charge in [0.25, 0.3) is 0 Å². The van der Waals surface area contributed by atoms with Crippen LogP contribution in [0, 0.1) is 0 Å². The maximum absolute atomic E-state index is 11.9. The minimum Gasteiger partial charge on any atom is -0.465 e. The summed E-state index contributed by atoms with van der Waals surface area (Å²) in [5.41, 5.74) is 1.41. The average Bonchev–Trinajstić information content (AvgIpc) is 2.94. The molecule has 0 radical (unpaired) electrons. The van der Waals surface area contributed by atoms with Crippen LogP contribution in [0.3, 0.4) is 0 Å². The van der Waals surface area contributed by atoms with E-state index in [2.05, 4.69) is 10.1 Å². The maximum Gasteiger partial charge on any atom is 0.337 e. The number of hydrogen-bond acceptors (Lipinski definition) is 4. The second-order valence-corrected chi connectivity index (χ2v) is 4.30. The van der Waals surface area contributed by atoms with Gasteiger partial charge in [-0.05, 0) is 36.4 Å². The van der Waals surface area contributed by atoms with Crippen molar-refractivity contribution in [3.8, 4) is 0 Å². The third-order valence-electron chi connectivity index (χ3n) is 2.89. The molecule has 0 saturated carbocycles. The molecule has 1 N–H and O–H groups in total. The Kier molecular flexibility index (Phi) is 4.50. The number of amides is 1. The molecular formula is C15H14N2O4. The van der Waals surface area contributed by atoms with Crippen molar-refractivity contribution in [3.05, 3.63) is 53.9 Å². The van der Waals surface area contributed by atoms with Crippen molar-refractivity contribution in [1.82, 2.24) is 4.57 Å². The Morgan fingerprint density at radius 2 is 1.95 bits per heavy atom. The maximum atomic E-state index is 11.9. The fraction of sp³-hybridized carbons (Fsp3) is 0.133. The SMILES string of the molecule is COC(=O)c1ccc(NC(=O)Cn2cccc2C=O)cc1. The summed E-state index contributed by atoms with van der Waals surface area (Å²) in [6.45, 7) is 0.0415. The van der Waals surface area contributed by atoms with Gasteiger partial charge in [0.15, 0.2) is 6.29 Å². The van der Waals surface area contributed by atoms with E-state index in [9.17, 15) is 14.4 Å². The number of ether oxygens (including phenoxy) is 1. The number of carbonyl (C=O) groups is 3. The smallest absolute Gasteiger partial charge is 0.337 e. The number of nitrogens with one attached hydrogen (secondary N) is 1. The molecule has 0 atom stereocenters. The zero-order valence-corrected chi connectivity index (χ0v) is 11.4. The van der Waals surface area contributed by atoms with Gasteiger partial charge in [0.05, 0.1) is 18.4 Å². The van der Waals surface area contributed by atoms with Crippen LogP contribution in [0.4, 0.5) is 5.69 Å². The van der Waals surface area contributed by atoms with Gasteiger partial charge in [0.1, 0.15) is 6.54 Å². The van der Waals surface area contributed by atoms with Crippen LogP contribution in [0.25, 0.3) is 0 Å². The predicted octanol–water partition coefficient (Wildman–Crippen LogP) is 1.73. The van der Waals surface area contributed by atoms with Crippen LogP contribution in [0.5, 0.6) is 0 Å². The predicted molar refractivity (Wildman–Crippen MR) is 76.2 cm³/mol. The number of rotatable bonds is 5. The molecule has 0 aliphatic carbocycles. The Balaban J connectivity index is 1.99. The van der Waals surface area contributed by atoms with Gasteiger partial charge in [-0.3, -0.25) is 9.59 Å². The Bertz CT molecular complexity index is 659. The summed E-state index contributed by atoms with van der Waals surface area (Å²) in [7, 11) is 1.31. The molecule has 21 heavy (non-hydrogen) atoms. The third-order valence-corrected chi connectivity index (χ3v) is 2.89. The highest BCUT2D eigenvalue weighted by atomic mass is 16.5. The quantitative estimate of drug-likeness (QED) is 0.670. The fourth-order valence-electron chi connectivity index (χ4n) is 1.84. The van der Waals surface area contributed by atoms with Crippen LogP contribution in [0.15, 0.2) is 42.6 Å². The Morgan fingerprint density at radius 3 is 2.57 bits per heavy atom. The second kappa shape index (κ2) is 6.51. The van der Waals surface area contributed by atoms with E-state index < -0.39 is 5.97 Å². The van der Waals surface area contributed by atoms with Gasteiger partial charge in [-0.1, -0.05) is 0 Å². The van der Waals surface area contributed by atoms with Crippen LogP contribution in [-0.2, 0) is 16.1 Å². The molecule has 0 bridgehead atoms. The summed E-state index contributed by atoms with van der Waals surface area (Å²) in [4.78, 5) is 33.9. The van der Waals surface area contributed by atoms with Crippen LogP contribution >= 0.6 is 0 Å². The first-order valence-corrected chi connectivity index (χ1v) is 6.22. The Labute approximate surface area is 121 Å². The second-order valence-electron chi connectivity index (χ2n) is 4.30. The number of esters is 1. The Hall–Kier alpha value is -2.89. The molecular weight excluding hydrogens is 272 g/mol. The first-order valence-electron chi connectivity index (χ1n) is 6.22. The zero-order valence-electron chi connectivity index (χ0n) is 11.4. The molecule has 0 fully saturated rings. The minimum atomic E-state index is -0.434. The summed E-state index contributed by atoms with van der Waals surface area (Å²) in [5, 5.41) is 2.69. The summed E-state index contributed by atoms with van der Waals surface area (Å²) < 4.78 is 6.14. The van der Waals surface area contributed by atoms with Crippen molar-refractivity contribution in [2.75, 3.05) is 12.4 Å². The average molecular weight is 286 g/mol. The van der Waals surface area contributed by atoms with E-state index in [1.807, 2.05) is 0 Å². The lowest BCUT2D eigenvalue weighted by molar-refractivity contribution is -0.116. The van der Waals surface area contributed by atoms with Gasteiger partial charge >= 0.3 is 5.97 Å². The number of aromatic nitrogens is 1. The molecule has 0 spiro atoms. The number of aldehydes is 1. The van der Waals surface area contributed by atoms with Gasteiger partial charge in [-0.2, -0.15) is 0 Å². The first-order chi connectivity index (χ1) is 10.1. The van der Waals surface area contributed by atoms with Crippen molar-refractivity contribution >= 4 is 23.9 Å². The standard InChI is InChI=1S/C15H14N2O4/c1-21-15(20)11-4-6-12(7-5-11)16-14(19)9-17-8-2-3-13(17)10-18/h2-8,10H,9H2,1H3,(H,16,19). The highest BCUT2D eigenvalue weighted by molar-refractivity contribution is 5.93. The van der Waals surface area contributed by atoms with Gasteiger partial charge < -0.3 is 14.6 Å². The molecule has 6 heteroatoms. The summed E-state index contributed by atoms with van der Waals surface area (Å²) >= 11 is 0. The van der Waals surface area contributed by atoms with Crippen molar-refractivity contribution in [3.63, 3.8) is 0 Å². The topological polar surface area (TPSA) is 77.4 Å². The van der Waals surface area contributed by atoms with Crippen LogP contribution in [-0.4, -0.2) is 29.8 Å². The van der Waals surface area contributed by atoms with Crippen LogP contribution in [0.2, 0.25) is 0 Å². The first kappa shape index (κ1) is 14.5. The highest BCUT2D eigenvalue weighted by Gasteiger charge is 2.08. The fourth-order valence-corrected chi connectivity index (χ4v) is 1.84. The molecule has 2 rings (SSSR count). The molecule has 0 aliphatic heterocycles. The molecule has 0 saturated heterocycles. The number of nitrogens with zero attached hydrogens (tertiary/aromatic N) is 1. The van der Waals surface area contributed by atoms with Crippen LogP contribution < -0.4 is 5.32 Å². The van der Waals surface area contributed by atoms with Crippen LogP contribution in [0.1, 0.15) is 20.8 Å². The number of carbonyl (C=O) groups excluding carboxylic acids is 3. The molecule has 6 nitrogen and oxygen atoms in total. The van der Waals surface area contributed by atoms with E-state index in [0.717, 1.165) is 0 Å². The summed E-state index contributed by atoms with van der Waals surface area (Å²) in [5.74, 6) is -0.698. The zero-order chi connectivity index (χ0) is 15.2. The molecule has 1 aromatic carbocycles. The number of benzene rings is 1. The van der Waals surface area contributed by atoms with E-state index in [4.69, 9.17) is 0 Å². The van der Waals surface area contributed by atoms with Gasteiger partial charge in [0, 0.05) is 11.9 Å². The van der Waals surface area contributed by atoms with E-state index in [-0.39, 0.29) is 12.5 Å². The van der Waals surface area contributed by atoms with Gasteiger partial charge in [-0.25, -0.2) is 4.79 Å². The minimum absolute atomic E-state index is 0.0415. The lowest BCUT2D eigenvalue weighted by atomic mass is 10.2. The van der Waals surface area contributed by atoms with E-state index in [0.29, 0.717) is 23.2 Å². The summed E-state index contributed by atoms with van der Waals surface area (Å²) in [6.07, 6.45) is 2.35. The van der Waals surface area contributed by atoms with E-state index in [1.165, 1.54) is 7.11 Å². The summed E-state index contributed by atoms with van der Waals surface area (Å²) in [6, 6.07) is 9.68. The molecule has 1 heterocycles. The van der Waals surface area contributed by atoms with E-state index >= 15 is 0 Å². The number of methoxy groups -OCH3 is 1. The van der Waals surface area contributed by atoms with Gasteiger partial charge in [0.2, 0.25) is 5.91 Å². The van der Waals surface area contributed by atoms with E-state index in [1.54, 1.807) is 47.2 Å². The molecule has 108 valence electrons. The van der Waals surface area contributed by atoms with Gasteiger partial charge in [-0.15, -0.1) is 0 Å². The highest BCUT2D eigenvalue weighted by Crippen LogP contribution is 2.11. The molecule has 1 amide bonds. The largest absolute Gasteiger partial charge is 0.465 e. The lowest BCUT2D eigenvalue weighted by Crippen LogP contribution is -2.19. The van der Waals surface area contributed by atoms with Crippen molar-refractivity contribution < 1.29 is 19.1 Å².